The van der Waals surface area contributed by atoms with E-state index in [4.69, 9.17) is 9.15 Å². The molecule has 0 radical (unpaired) electrons. The van der Waals surface area contributed by atoms with Crippen LogP contribution in [0.3, 0.4) is 0 Å². The molecule has 0 aliphatic heterocycles. The molecule has 0 saturated carbocycles. The lowest BCUT2D eigenvalue weighted by molar-refractivity contribution is -0.127. The van der Waals surface area contributed by atoms with Gasteiger partial charge in [0.1, 0.15) is 5.76 Å². The first-order chi connectivity index (χ1) is 13.5. The van der Waals surface area contributed by atoms with Crippen molar-refractivity contribution in [1.82, 2.24) is 25.3 Å². The van der Waals surface area contributed by atoms with Crippen LogP contribution >= 0.6 is 24.0 Å². The first kappa shape index (κ1) is 24.8. The van der Waals surface area contributed by atoms with Gasteiger partial charge in [0.2, 0.25) is 11.8 Å². The first-order valence-electron chi connectivity index (χ1n) is 9.29. The molecule has 10 heteroatoms. The van der Waals surface area contributed by atoms with Gasteiger partial charge in [-0.1, -0.05) is 6.92 Å². The van der Waals surface area contributed by atoms with Crippen molar-refractivity contribution < 1.29 is 13.9 Å². The number of guanidine groups is 1. The standard InChI is InChI=1S/C19H30N6O3.HI/c1-6-16-15(18(27-5)25(4)23-16)12-21-19(22-13-17(26)24(2)3)20-10-9-14-8-7-11-28-14;/h7-8,11H,6,9-10,12-13H2,1-5H3,(H2,20,21,22);1H. The predicted molar refractivity (Wildman–Crippen MR) is 123 cm³/mol. The van der Waals surface area contributed by atoms with Crippen LogP contribution in [0.25, 0.3) is 0 Å². The van der Waals surface area contributed by atoms with E-state index >= 15 is 0 Å². The molecule has 0 saturated heterocycles. The summed E-state index contributed by atoms with van der Waals surface area (Å²) < 4.78 is 12.5. The van der Waals surface area contributed by atoms with Gasteiger partial charge in [0, 0.05) is 34.1 Å². The number of furan rings is 1. The van der Waals surface area contributed by atoms with E-state index in [-0.39, 0.29) is 36.4 Å². The SMILES string of the molecule is CCc1nn(C)c(OC)c1CN=C(NCCc1ccco1)NCC(=O)N(C)C.I. The third-order valence-electron chi connectivity index (χ3n) is 4.24. The van der Waals surface area contributed by atoms with E-state index in [2.05, 4.69) is 20.7 Å². The summed E-state index contributed by atoms with van der Waals surface area (Å²) in [4.78, 5) is 18.1. The third-order valence-corrected chi connectivity index (χ3v) is 4.24. The molecule has 9 nitrogen and oxygen atoms in total. The van der Waals surface area contributed by atoms with Gasteiger partial charge in [-0.15, -0.1) is 24.0 Å². The second kappa shape index (κ2) is 12.3. The second-order valence-corrected chi connectivity index (χ2v) is 6.47. The highest BCUT2D eigenvalue weighted by molar-refractivity contribution is 14.0. The number of carbonyl (C=O) groups excluding carboxylic acids is 1. The summed E-state index contributed by atoms with van der Waals surface area (Å²) in [6.07, 6.45) is 3.15. The van der Waals surface area contributed by atoms with E-state index in [9.17, 15) is 4.79 Å². The summed E-state index contributed by atoms with van der Waals surface area (Å²) in [7, 11) is 6.92. The van der Waals surface area contributed by atoms with Gasteiger partial charge in [0.05, 0.1) is 37.7 Å². The summed E-state index contributed by atoms with van der Waals surface area (Å²) >= 11 is 0. The van der Waals surface area contributed by atoms with Crippen LogP contribution in [0.2, 0.25) is 0 Å². The zero-order valence-corrected chi connectivity index (χ0v) is 20.0. The molecule has 2 rings (SSSR count). The van der Waals surface area contributed by atoms with Gasteiger partial charge in [-0.3, -0.25) is 4.79 Å². The number of likely N-dealkylation sites (N-methyl/N-ethyl adjacent to an activating group) is 1. The first-order valence-corrected chi connectivity index (χ1v) is 9.29. The Morgan fingerprint density at radius 1 is 1.38 bits per heavy atom. The lowest BCUT2D eigenvalue weighted by Crippen LogP contribution is -2.43. The predicted octanol–water partition coefficient (Wildman–Crippen LogP) is 1.57. The Kier molecular flexibility index (Phi) is 10.6. The van der Waals surface area contributed by atoms with Crippen molar-refractivity contribution in [3.63, 3.8) is 0 Å². The largest absolute Gasteiger partial charge is 0.481 e. The molecule has 2 N–H and O–H groups in total. The fraction of sp³-hybridized carbons (Fsp3) is 0.526. The summed E-state index contributed by atoms with van der Waals surface area (Å²) in [6, 6.07) is 3.79. The number of nitrogens with one attached hydrogen (secondary N) is 2. The van der Waals surface area contributed by atoms with Crippen molar-refractivity contribution in [3.8, 4) is 5.88 Å². The van der Waals surface area contributed by atoms with E-state index in [1.165, 1.54) is 4.90 Å². The second-order valence-electron chi connectivity index (χ2n) is 6.47. The number of nitrogens with zero attached hydrogens (tertiary/aromatic N) is 4. The van der Waals surface area contributed by atoms with Gasteiger partial charge in [0.15, 0.2) is 5.96 Å². The van der Waals surface area contributed by atoms with E-state index in [1.807, 2.05) is 26.1 Å². The van der Waals surface area contributed by atoms with Crippen LogP contribution < -0.4 is 15.4 Å². The van der Waals surface area contributed by atoms with Gasteiger partial charge < -0.3 is 24.7 Å². The van der Waals surface area contributed by atoms with E-state index in [0.29, 0.717) is 31.3 Å². The van der Waals surface area contributed by atoms with E-state index < -0.39 is 0 Å². The number of amides is 1. The van der Waals surface area contributed by atoms with Crippen LogP contribution in [-0.4, -0.2) is 60.8 Å². The van der Waals surface area contributed by atoms with Crippen molar-refractivity contribution in [2.75, 3.05) is 34.3 Å². The van der Waals surface area contributed by atoms with Gasteiger partial charge in [-0.2, -0.15) is 5.10 Å². The maximum Gasteiger partial charge on any atom is 0.241 e. The minimum Gasteiger partial charge on any atom is -0.481 e. The quantitative estimate of drug-likeness (QED) is 0.297. The highest BCUT2D eigenvalue weighted by atomic mass is 127. The maximum atomic E-state index is 11.9. The normalized spacial score (nSPS) is 11.0. The number of hydrogen-bond donors (Lipinski definition) is 2. The van der Waals surface area contributed by atoms with Crippen molar-refractivity contribution in [2.45, 2.75) is 26.3 Å². The molecule has 2 aromatic rings. The summed E-state index contributed by atoms with van der Waals surface area (Å²) in [5.41, 5.74) is 1.89. The minimum atomic E-state index is -0.0336. The Morgan fingerprint density at radius 3 is 2.72 bits per heavy atom. The molecule has 0 aliphatic carbocycles. The molecule has 162 valence electrons. The Balaban J connectivity index is 0.00000420. The zero-order valence-electron chi connectivity index (χ0n) is 17.7. The third kappa shape index (κ3) is 7.26. The van der Waals surface area contributed by atoms with E-state index in [0.717, 1.165) is 23.4 Å². The summed E-state index contributed by atoms with van der Waals surface area (Å²) in [6.45, 7) is 3.22. The van der Waals surface area contributed by atoms with Gasteiger partial charge in [-0.05, 0) is 18.6 Å². The monoisotopic (exact) mass is 518 g/mol. The molecule has 0 spiro atoms. The highest BCUT2D eigenvalue weighted by Crippen LogP contribution is 2.22. The lowest BCUT2D eigenvalue weighted by Gasteiger charge is -2.15. The van der Waals surface area contributed by atoms with E-state index in [1.54, 1.807) is 32.2 Å². The molecule has 0 aromatic carbocycles. The average molecular weight is 518 g/mol. The smallest absolute Gasteiger partial charge is 0.241 e. The number of hydrogen-bond acceptors (Lipinski definition) is 5. The number of halogens is 1. The molecule has 29 heavy (non-hydrogen) atoms. The van der Waals surface area contributed by atoms with Crippen molar-refractivity contribution >= 4 is 35.8 Å². The molecule has 0 unspecified atom stereocenters. The van der Waals surface area contributed by atoms with Crippen LogP contribution in [0.1, 0.15) is 23.9 Å². The summed E-state index contributed by atoms with van der Waals surface area (Å²) in [5, 5.41) is 10.8. The van der Waals surface area contributed by atoms with Gasteiger partial charge in [0.25, 0.3) is 0 Å². The Labute approximate surface area is 188 Å². The number of carbonyl (C=O) groups is 1. The molecule has 2 heterocycles. The van der Waals surface area contributed by atoms with Crippen LogP contribution in [0.15, 0.2) is 27.8 Å². The number of methoxy groups -OCH3 is 1. The van der Waals surface area contributed by atoms with Gasteiger partial charge >= 0.3 is 0 Å². The topological polar surface area (TPSA) is 96.9 Å². The number of aliphatic imine (C=N–C) groups is 1. The van der Waals surface area contributed by atoms with Crippen LogP contribution in [-0.2, 0) is 31.2 Å². The fourth-order valence-corrected chi connectivity index (χ4v) is 2.71. The fourth-order valence-electron chi connectivity index (χ4n) is 2.71. The average Bonchev–Trinajstić information content (AvgIpc) is 3.30. The van der Waals surface area contributed by atoms with Gasteiger partial charge in [-0.25, -0.2) is 9.67 Å². The molecule has 2 aromatic heterocycles. The molecular weight excluding hydrogens is 487 g/mol. The number of rotatable bonds is 9. The molecule has 0 atom stereocenters. The Hall–Kier alpha value is -2.24. The molecular formula is C19H31IN6O3. The minimum absolute atomic E-state index is 0. The highest BCUT2D eigenvalue weighted by Gasteiger charge is 2.15. The number of ether oxygens (including phenoxy) is 1. The summed E-state index contributed by atoms with van der Waals surface area (Å²) in [5.74, 6) is 2.10. The molecule has 0 fully saturated rings. The zero-order chi connectivity index (χ0) is 20.5. The maximum absolute atomic E-state index is 11.9. The lowest BCUT2D eigenvalue weighted by atomic mass is 10.2. The number of aromatic nitrogens is 2. The number of aryl methyl sites for hydroxylation is 2. The molecule has 0 bridgehead atoms. The van der Waals surface area contributed by atoms with Crippen molar-refractivity contribution in [3.05, 3.63) is 35.4 Å². The molecule has 1 amide bonds. The van der Waals surface area contributed by atoms with Crippen LogP contribution in [0.5, 0.6) is 5.88 Å². The molecule has 0 aliphatic rings. The Bertz CT molecular complexity index is 786. The van der Waals surface area contributed by atoms with Crippen LogP contribution in [0, 0.1) is 0 Å². The Morgan fingerprint density at radius 2 is 2.14 bits per heavy atom. The van der Waals surface area contributed by atoms with Crippen molar-refractivity contribution in [1.29, 1.82) is 0 Å². The van der Waals surface area contributed by atoms with Crippen LogP contribution in [0.4, 0.5) is 0 Å². The van der Waals surface area contributed by atoms with Crippen molar-refractivity contribution in [2.24, 2.45) is 12.0 Å².